The monoisotopic (exact) mass is 279 g/mol. The van der Waals surface area contributed by atoms with E-state index in [9.17, 15) is 0 Å². The first kappa shape index (κ1) is 14.9. The van der Waals surface area contributed by atoms with Crippen molar-refractivity contribution in [2.45, 2.75) is 51.4 Å². The molecule has 0 aliphatic heterocycles. The molecule has 0 saturated heterocycles. The van der Waals surface area contributed by atoms with Crippen molar-refractivity contribution in [3.05, 3.63) is 34.9 Å². The first-order valence-electron chi connectivity index (χ1n) is 7.59. The van der Waals surface area contributed by atoms with Crippen molar-refractivity contribution in [2.75, 3.05) is 13.1 Å². The third-order valence-corrected chi connectivity index (χ3v) is 4.50. The standard InChI is InChI=1S/C17H26ClN/c1-14(2)12-19-13-17(9-4-3-5-10-17)15-7-6-8-16(18)11-15/h6-8,11,14,19H,3-5,9-10,12-13H2,1-2H3. The molecule has 1 fully saturated rings. The largest absolute Gasteiger partial charge is 0.316 e. The Labute approximate surface area is 122 Å². The van der Waals surface area contributed by atoms with E-state index in [1.54, 1.807) is 0 Å². The van der Waals surface area contributed by atoms with Crippen molar-refractivity contribution in [1.29, 1.82) is 0 Å². The summed E-state index contributed by atoms with van der Waals surface area (Å²) in [6.07, 6.45) is 6.65. The third kappa shape index (κ3) is 3.97. The van der Waals surface area contributed by atoms with E-state index in [2.05, 4.69) is 37.4 Å². The van der Waals surface area contributed by atoms with Crippen LogP contribution in [0, 0.1) is 5.92 Å². The molecule has 0 heterocycles. The van der Waals surface area contributed by atoms with Gasteiger partial charge in [0.1, 0.15) is 0 Å². The normalized spacial score (nSPS) is 18.7. The van der Waals surface area contributed by atoms with Crippen LogP contribution in [-0.4, -0.2) is 13.1 Å². The molecule has 2 heteroatoms. The Morgan fingerprint density at radius 1 is 1.21 bits per heavy atom. The van der Waals surface area contributed by atoms with Crippen LogP contribution in [0.5, 0.6) is 0 Å². The minimum absolute atomic E-state index is 0.304. The topological polar surface area (TPSA) is 12.0 Å². The molecular weight excluding hydrogens is 254 g/mol. The predicted molar refractivity (Wildman–Crippen MR) is 83.9 cm³/mol. The molecule has 2 rings (SSSR count). The van der Waals surface area contributed by atoms with Crippen LogP contribution in [0.4, 0.5) is 0 Å². The molecule has 0 aromatic heterocycles. The number of rotatable bonds is 5. The molecule has 1 N–H and O–H groups in total. The van der Waals surface area contributed by atoms with Crippen LogP contribution in [0.25, 0.3) is 0 Å². The van der Waals surface area contributed by atoms with E-state index < -0.39 is 0 Å². The van der Waals surface area contributed by atoms with E-state index in [-0.39, 0.29) is 0 Å². The number of halogens is 1. The molecule has 106 valence electrons. The Balaban J connectivity index is 2.14. The van der Waals surface area contributed by atoms with Crippen molar-refractivity contribution in [1.82, 2.24) is 5.32 Å². The molecule has 1 aromatic carbocycles. The average molecular weight is 280 g/mol. The summed E-state index contributed by atoms with van der Waals surface area (Å²) >= 11 is 6.19. The minimum Gasteiger partial charge on any atom is -0.316 e. The van der Waals surface area contributed by atoms with E-state index in [0.29, 0.717) is 11.3 Å². The third-order valence-electron chi connectivity index (χ3n) is 4.26. The van der Waals surface area contributed by atoms with Crippen LogP contribution in [0.15, 0.2) is 24.3 Å². The Morgan fingerprint density at radius 3 is 2.58 bits per heavy atom. The lowest BCUT2D eigenvalue weighted by Crippen LogP contribution is -2.41. The van der Waals surface area contributed by atoms with Gasteiger partial charge in [0.15, 0.2) is 0 Å². The van der Waals surface area contributed by atoms with E-state index in [0.717, 1.165) is 18.1 Å². The van der Waals surface area contributed by atoms with Crippen molar-refractivity contribution < 1.29 is 0 Å². The Kier molecular flexibility index (Phi) is 5.29. The lowest BCUT2D eigenvalue weighted by Gasteiger charge is -2.38. The van der Waals surface area contributed by atoms with Crippen molar-refractivity contribution in [3.63, 3.8) is 0 Å². The fourth-order valence-electron chi connectivity index (χ4n) is 3.21. The Morgan fingerprint density at radius 2 is 1.95 bits per heavy atom. The number of hydrogen-bond donors (Lipinski definition) is 1. The van der Waals surface area contributed by atoms with Gasteiger partial charge in [-0.3, -0.25) is 0 Å². The smallest absolute Gasteiger partial charge is 0.0408 e. The van der Waals surface area contributed by atoms with Gasteiger partial charge in [-0.2, -0.15) is 0 Å². The summed E-state index contributed by atoms with van der Waals surface area (Å²) in [5, 5.41) is 4.54. The molecule has 1 aliphatic carbocycles. The maximum absolute atomic E-state index is 6.19. The first-order valence-corrected chi connectivity index (χ1v) is 7.97. The van der Waals surface area contributed by atoms with Gasteiger partial charge in [-0.05, 0) is 43.0 Å². The van der Waals surface area contributed by atoms with Gasteiger partial charge in [0.2, 0.25) is 0 Å². The van der Waals surface area contributed by atoms with Gasteiger partial charge >= 0.3 is 0 Å². The highest BCUT2D eigenvalue weighted by atomic mass is 35.5. The van der Waals surface area contributed by atoms with Crippen molar-refractivity contribution in [3.8, 4) is 0 Å². The minimum atomic E-state index is 0.304. The molecule has 0 radical (unpaired) electrons. The fraction of sp³-hybridized carbons (Fsp3) is 0.647. The highest BCUT2D eigenvalue weighted by molar-refractivity contribution is 6.30. The molecule has 0 amide bonds. The Bertz CT molecular complexity index is 394. The lowest BCUT2D eigenvalue weighted by molar-refractivity contribution is 0.276. The van der Waals surface area contributed by atoms with Crippen LogP contribution < -0.4 is 5.32 Å². The van der Waals surface area contributed by atoms with Gasteiger partial charge in [0.05, 0.1) is 0 Å². The van der Waals surface area contributed by atoms with Crippen LogP contribution in [0.2, 0.25) is 5.02 Å². The van der Waals surface area contributed by atoms with Gasteiger partial charge in [-0.1, -0.05) is 56.8 Å². The molecule has 0 atom stereocenters. The summed E-state index contributed by atoms with van der Waals surface area (Å²) in [5.74, 6) is 0.708. The number of nitrogens with one attached hydrogen (secondary N) is 1. The highest BCUT2D eigenvalue weighted by Crippen LogP contribution is 2.39. The molecule has 1 nitrogen and oxygen atoms in total. The highest BCUT2D eigenvalue weighted by Gasteiger charge is 2.33. The van der Waals surface area contributed by atoms with Gasteiger partial charge < -0.3 is 5.32 Å². The van der Waals surface area contributed by atoms with Crippen molar-refractivity contribution in [2.24, 2.45) is 5.92 Å². The quantitative estimate of drug-likeness (QED) is 0.817. The summed E-state index contributed by atoms with van der Waals surface area (Å²) in [5.41, 5.74) is 1.73. The molecule has 0 bridgehead atoms. The van der Waals surface area contributed by atoms with E-state index in [1.807, 2.05) is 6.07 Å². The summed E-state index contributed by atoms with van der Waals surface area (Å²) in [4.78, 5) is 0. The van der Waals surface area contributed by atoms with E-state index in [1.165, 1.54) is 37.7 Å². The van der Waals surface area contributed by atoms with Crippen LogP contribution >= 0.6 is 11.6 Å². The number of benzene rings is 1. The maximum atomic E-state index is 6.19. The summed E-state index contributed by atoms with van der Waals surface area (Å²) < 4.78 is 0. The van der Waals surface area contributed by atoms with Gasteiger partial charge in [-0.25, -0.2) is 0 Å². The fourth-order valence-corrected chi connectivity index (χ4v) is 3.40. The molecule has 1 aromatic rings. The molecule has 19 heavy (non-hydrogen) atoms. The second-order valence-corrected chi connectivity index (χ2v) is 6.81. The van der Waals surface area contributed by atoms with E-state index in [4.69, 9.17) is 11.6 Å². The average Bonchev–Trinajstić information content (AvgIpc) is 2.39. The zero-order chi connectivity index (χ0) is 13.7. The Hall–Kier alpha value is -0.530. The van der Waals surface area contributed by atoms with Crippen molar-refractivity contribution >= 4 is 11.6 Å². The van der Waals surface area contributed by atoms with Gasteiger partial charge in [-0.15, -0.1) is 0 Å². The first-order chi connectivity index (χ1) is 9.12. The summed E-state index contributed by atoms with van der Waals surface area (Å²) in [6, 6.07) is 8.50. The second kappa shape index (κ2) is 6.76. The molecule has 0 spiro atoms. The van der Waals surface area contributed by atoms with E-state index >= 15 is 0 Å². The zero-order valence-electron chi connectivity index (χ0n) is 12.2. The van der Waals surface area contributed by atoms with Crippen LogP contribution in [0.1, 0.15) is 51.5 Å². The predicted octanol–water partition coefficient (Wildman–Crippen LogP) is 4.79. The summed E-state index contributed by atoms with van der Waals surface area (Å²) in [7, 11) is 0. The van der Waals surface area contributed by atoms with Gasteiger partial charge in [0.25, 0.3) is 0 Å². The van der Waals surface area contributed by atoms with Crippen LogP contribution in [0.3, 0.4) is 0 Å². The summed E-state index contributed by atoms with van der Waals surface area (Å²) in [6.45, 7) is 6.72. The second-order valence-electron chi connectivity index (χ2n) is 6.38. The molecule has 1 saturated carbocycles. The lowest BCUT2D eigenvalue weighted by atomic mass is 9.69. The van der Waals surface area contributed by atoms with Crippen LogP contribution in [-0.2, 0) is 5.41 Å². The molecular formula is C17H26ClN. The molecule has 1 aliphatic rings. The number of hydrogen-bond acceptors (Lipinski definition) is 1. The SMILES string of the molecule is CC(C)CNCC1(c2cccc(Cl)c2)CCCCC1. The maximum Gasteiger partial charge on any atom is 0.0408 e. The zero-order valence-corrected chi connectivity index (χ0v) is 13.0. The molecule has 0 unspecified atom stereocenters. The van der Waals surface area contributed by atoms with Gasteiger partial charge in [0, 0.05) is 17.0 Å².